The summed E-state index contributed by atoms with van der Waals surface area (Å²) in [5, 5.41) is 13.2. The largest absolute Gasteiger partial charge is 0.388 e. The highest BCUT2D eigenvalue weighted by Gasteiger charge is 2.21. The van der Waals surface area contributed by atoms with E-state index in [1.807, 2.05) is 26.0 Å². The molecule has 0 saturated heterocycles. The molecule has 0 spiro atoms. The third-order valence-electron chi connectivity index (χ3n) is 2.62. The zero-order valence-electron chi connectivity index (χ0n) is 8.83. The lowest BCUT2D eigenvalue weighted by Crippen LogP contribution is -2.35. The van der Waals surface area contributed by atoms with Crippen LogP contribution >= 0.6 is 0 Å². The molecule has 1 rings (SSSR count). The molecule has 0 aliphatic rings. The van der Waals surface area contributed by atoms with Crippen LogP contribution in [0.25, 0.3) is 0 Å². The Balaban J connectivity index is 2.48. The van der Waals surface area contributed by atoms with E-state index in [4.69, 9.17) is 0 Å². The van der Waals surface area contributed by atoms with Gasteiger partial charge in [-0.1, -0.05) is 13.8 Å². The Hall–Kier alpha value is -1.09. The number of rotatable bonds is 5. The van der Waals surface area contributed by atoms with Gasteiger partial charge in [-0.15, -0.1) is 0 Å². The van der Waals surface area contributed by atoms with Crippen LogP contribution in [0.3, 0.4) is 0 Å². The standard InChI is InChI=1S/C11H18N2O/c1-3-11(14,4-2)9-13-10-5-7-12-8-6-10/h5-8,14H,3-4,9H2,1-2H3,(H,12,13). The van der Waals surface area contributed by atoms with Crippen LogP contribution in [-0.2, 0) is 0 Å². The summed E-state index contributed by atoms with van der Waals surface area (Å²) in [6.45, 7) is 4.58. The molecule has 3 nitrogen and oxygen atoms in total. The smallest absolute Gasteiger partial charge is 0.0814 e. The number of pyridine rings is 1. The van der Waals surface area contributed by atoms with E-state index >= 15 is 0 Å². The lowest BCUT2D eigenvalue weighted by Gasteiger charge is -2.25. The quantitative estimate of drug-likeness (QED) is 0.754. The number of aliphatic hydroxyl groups is 1. The molecule has 14 heavy (non-hydrogen) atoms. The first-order valence-electron chi connectivity index (χ1n) is 5.06. The van der Waals surface area contributed by atoms with Crippen LogP contribution in [0.5, 0.6) is 0 Å². The maximum absolute atomic E-state index is 10.0. The van der Waals surface area contributed by atoms with Crippen molar-refractivity contribution in [2.45, 2.75) is 32.3 Å². The van der Waals surface area contributed by atoms with E-state index in [0.29, 0.717) is 6.54 Å². The molecule has 0 atom stereocenters. The SMILES string of the molecule is CCC(O)(CC)CNc1ccncc1. The minimum atomic E-state index is -0.594. The van der Waals surface area contributed by atoms with Gasteiger partial charge in [0.2, 0.25) is 0 Å². The summed E-state index contributed by atoms with van der Waals surface area (Å²) in [6, 6.07) is 3.79. The lowest BCUT2D eigenvalue weighted by molar-refractivity contribution is 0.0457. The molecule has 0 fully saturated rings. The average molecular weight is 194 g/mol. The average Bonchev–Trinajstić information content (AvgIpc) is 2.27. The van der Waals surface area contributed by atoms with Gasteiger partial charge in [0.15, 0.2) is 0 Å². The molecule has 3 heteroatoms. The molecule has 0 bridgehead atoms. The van der Waals surface area contributed by atoms with E-state index in [1.165, 1.54) is 0 Å². The molecule has 78 valence electrons. The van der Waals surface area contributed by atoms with Crippen LogP contribution in [-0.4, -0.2) is 22.2 Å². The summed E-state index contributed by atoms with van der Waals surface area (Å²) in [4.78, 5) is 3.93. The van der Waals surface area contributed by atoms with Crippen molar-refractivity contribution < 1.29 is 5.11 Å². The second kappa shape index (κ2) is 4.96. The molecular formula is C11H18N2O. The number of nitrogens with one attached hydrogen (secondary N) is 1. The Morgan fingerprint density at radius 1 is 1.29 bits per heavy atom. The normalized spacial score (nSPS) is 11.4. The minimum absolute atomic E-state index is 0.587. The number of hydrogen-bond acceptors (Lipinski definition) is 3. The Morgan fingerprint density at radius 3 is 2.36 bits per heavy atom. The number of aromatic nitrogens is 1. The number of nitrogens with zero attached hydrogens (tertiary/aromatic N) is 1. The molecule has 2 N–H and O–H groups in total. The van der Waals surface area contributed by atoms with Crippen LogP contribution in [0.15, 0.2) is 24.5 Å². The third kappa shape index (κ3) is 3.00. The number of anilines is 1. The van der Waals surface area contributed by atoms with E-state index < -0.39 is 5.60 Å². The zero-order chi connectivity index (χ0) is 10.4. The van der Waals surface area contributed by atoms with Gasteiger partial charge in [-0.25, -0.2) is 0 Å². The topological polar surface area (TPSA) is 45.1 Å². The molecule has 0 aliphatic carbocycles. The first-order valence-corrected chi connectivity index (χ1v) is 5.06. The van der Waals surface area contributed by atoms with Gasteiger partial charge in [-0.3, -0.25) is 4.98 Å². The van der Waals surface area contributed by atoms with Crippen LogP contribution in [0, 0.1) is 0 Å². The second-order valence-corrected chi connectivity index (χ2v) is 3.52. The number of hydrogen-bond donors (Lipinski definition) is 2. The van der Waals surface area contributed by atoms with Crippen molar-refractivity contribution >= 4 is 5.69 Å². The first kappa shape index (κ1) is 11.0. The molecule has 0 saturated carbocycles. The third-order valence-corrected chi connectivity index (χ3v) is 2.62. The van der Waals surface area contributed by atoms with Crippen molar-refractivity contribution in [3.05, 3.63) is 24.5 Å². The molecular weight excluding hydrogens is 176 g/mol. The van der Waals surface area contributed by atoms with Crippen LogP contribution < -0.4 is 5.32 Å². The van der Waals surface area contributed by atoms with Crippen LogP contribution in [0.2, 0.25) is 0 Å². The van der Waals surface area contributed by atoms with Crippen LogP contribution in [0.4, 0.5) is 5.69 Å². The van der Waals surface area contributed by atoms with E-state index in [9.17, 15) is 5.11 Å². The molecule has 0 aliphatic heterocycles. The molecule has 1 aromatic heterocycles. The summed E-state index contributed by atoms with van der Waals surface area (Å²) >= 11 is 0. The Kier molecular flexibility index (Phi) is 3.89. The van der Waals surface area contributed by atoms with Gasteiger partial charge >= 0.3 is 0 Å². The van der Waals surface area contributed by atoms with Gasteiger partial charge in [0.1, 0.15) is 0 Å². The maximum atomic E-state index is 10.0. The van der Waals surface area contributed by atoms with Gasteiger partial charge in [-0.2, -0.15) is 0 Å². The van der Waals surface area contributed by atoms with Gasteiger partial charge in [-0.05, 0) is 25.0 Å². The summed E-state index contributed by atoms with van der Waals surface area (Å²) in [7, 11) is 0. The highest BCUT2D eigenvalue weighted by atomic mass is 16.3. The molecule has 0 amide bonds. The molecule has 1 aromatic rings. The van der Waals surface area contributed by atoms with E-state index in [0.717, 1.165) is 18.5 Å². The van der Waals surface area contributed by atoms with Crippen molar-refractivity contribution in [2.24, 2.45) is 0 Å². The van der Waals surface area contributed by atoms with Crippen molar-refractivity contribution in [3.8, 4) is 0 Å². The summed E-state index contributed by atoms with van der Waals surface area (Å²) in [5.41, 5.74) is 0.406. The van der Waals surface area contributed by atoms with Gasteiger partial charge < -0.3 is 10.4 Å². The summed E-state index contributed by atoms with van der Waals surface area (Å²) < 4.78 is 0. The fraction of sp³-hybridized carbons (Fsp3) is 0.545. The van der Waals surface area contributed by atoms with Crippen molar-refractivity contribution in [1.29, 1.82) is 0 Å². The Bertz CT molecular complexity index is 257. The predicted octanol–water partition coefficient (Wildman–Crippen LogP) is 2.04. The zero-order valence-corrected chi connectivity index (χ0v) is 8.83. The molecule has 1 heterocycles. The van der Waals surface area contributed by atoms with Crippen molar-refractivity contribution in [1.82, 2.24) is 4.98 Å². The highest BCUT2D eigenvalue weighted by molar-refractivity contribution is 5.41. The second-order valence-electron chi connectivity index (χ2n) is 3.52. The summed E-state index contributed by atoms with van der Waals surface area (Å²) in [6.07, 6.45) is 5.00. The molecule has 0 radical (unpaired) electrons. The Morgan fingerprint density at radius 2 is 1.86 bits per heavy atom. The Labute approximate surface area is 85.2 Å². The van der Waals surface area contributed by atoms with Crippen LogP contribution in [0.1, 0.15) is 26.7 Å². The maximum Gasteiger partial charge on any atom is 0.0814 e. The summed E-state index contributed by atoms with van der Waals surface area (Å²) in [5.74, 6) is 0. The first-order chi connectivity index (χ1) is 6.70. The fourth-order valence-corrected chi connectivity index (χ4v) is 1.24. The van der Waals surface area contributed by atoms with Crippen molar-refractivity contribution in [2.75, 3.05) is 11.9 Å². The fourth-order valence-electron chi connectivity index (χ4n) is 1.24. The van der Waals surface area contributed by atoms with Gasteiger partial charge in [0.25, 0.3) is 0 Å². The monoisotopic (exact) mass is 194 g/mol. The van der Waals surface area contributed by atoms with E-state index in [1.54, 1.807) is 12.4 Å². The van der Waals surface area contributed by atoms with E-state index in [2.05, 4.69) is 10.3 Å². The van der Waals surface area contributed by atoms with Crippen molar-refractivity contribution in [3.63, 3.8) is 0 Å². The minimum Gasteiger partial charge on any atom is -0.388 e. The van der Waals surface area contributed by atoms with Gasteiger partial charge in [0, 0.05) is 24.6 Å². The highest BCUT2D eigenvalue weighted by Crippen LogP contribution is 2.15. The lowest BCUT2D eigenvalue weighted by atomic mass is 9.97. The van der Waals surface area contributed by atoms with Gasteiger partial charge in [0.05, 0.1) is 5.60 Å². The predicted molar refractivity (Wildman–Crippen MR) is 58.3 cm³/mol. The van der Waals surface area contributed by atoms with E-state index in [-0.39, 0.29) is 0 Å². The molecule has 0 aromatic carbocycles. The molecule has 0 unspecified atom stereocenters.